The second-order valence-electron chi connectivity index (χ2n) is 4.14. The van der Waals surface area contributed by atoms with E-state index < -0.39 is 0 Å². The second-order valence-corrected chi connectivity index (χ2v) is 4.14. The number of aromatic nitrogens is 1. The van der Waals surface area contributed by atoms with Gasteiger partial charge in [0.15, 0.2) is 0 Å². The summed E-state index contributed by atoms with van der Waals surface area (Å²) in [6.45, 7) is 3.92. The zero-order chi connectivity index (χ0) is 12.8. The minimum atomic E-state index is 0.259. The molecule has 0 unspecified atom stereocenters. The van der Waals surface area contributed by atoms with Crippen LogP contribution in [0.4, 0.5) is 0 Å². The molecule has 0 N–H and O–H groups in total. The Morgan fingerprint density at radius 2 is 2.17 bits per heavy atom. The summed E-state index contributed by atoms with van der Waals surface area (Å²) in [6.07, 6.45) is 4.64. The van der Waals surface area contributed by atoms with E-state index in [2.05, 4.69) is 23.7 Å². The molecule has 92 valence electrons. The number of pyridine rings is 1. The molecule has 1 atom stereocenters. The van der Waals surface area contributed by atoms with E-state index in [0.29, 0.717) is 0 Å². The Hall–Kier alpha value is -2.09. The minimum absolute atomic E-state index is 0.259. The molecule has 2 aromatic rings. The molecule has 0 radical (unpaired) electrons. The maximum Gasteiger partial charge on any atom is 0.119 e. The molecule has 2 nitrogen and oxygen atoms in total. The Balaban J connectivity index is 2.20. The van der Waals surface area contributed by atoms with Crippen molar-refractivity contribution in [3.05, 3.63) is 72.6 Å². The highest BCUT2D eigenvalue weighted by molar-refractivity contribution is 5.33. The molecular formula is C16H17NO. The standard InChI is InChI=1S/C16H17NO/c1-3-13(11-15-8-4-5-10-17-15)14-7-6-9-16(12-14)18-2/h3-10,12-13H,1,11H2,2H3/t13-/m1/s1. The van der Waals surface area contributed by atoms with E-state index in [0.717, 1.165) is 17.9 Å². The second kappa shape index (κ2) is 6.01. The van der Waals surface area contributed by atoms with Gasteiger partial charge in [0, 0.05) is 17.8 Å². The van der Waals surface area contributed by atoms with Crippen molar-refractivity contribution in [2.24, 2.45) is 0 Å². The van der Waals surface area contributed by atoms with Crippen LogP contribution >= 0.6 is 0 Å². The summed E-state index contributed by atoms with van der Waals surface area (Å²) in [5.74, 6) is 1.13. The van der Waals surface area contributed by atoms with E-state index in [4.69, 9.17) is 4.74 Å². The van der Waals surface area contributed by atoms with Crippen LogP contribution in [0.1, 0.15) is 17.2 Å². The molecular weight excluding hydrogens is 222 g/mol. The SMILES string of the molecule is C=C[C@H](Cc1ccccn1)c1cccc(OC)c1. The third-order valence-corrected chi connectivity index (χ3v) is 2.96. The first kappa shape index (κ1) is 12.4. The van der Waals surface area contributed by atoms with Crippen LogP contribution in [0.5, 0.6) is 5.75 Å². The van der Waals surface area contributed by atoms with Crippen LogP contribution in [-0.2, 0) is 6.42 Å². The molecule has 1 aromatic carbocycles. The summed E-state index contributed by atoms with van der Waals surface area (Å²) in [6, 6.07) is 14.1. The highest BCUT2D eigenvalue weighted by Crippen LogP contribution is 2.24. The molecule has 0 bridgehead atoms. The molecule has 0 amide bonds. The number of methoxy groups -OCH3 is 1. The molecule has 1 heterocycles. The van der Waals surface area contributed by atoms with Gasteiger partial charge in [-0.25, -0.2) is 0 Å². The summed E-state index contributed by atoms with van der Waals surface area (Å²) >= 11 is 0. The number of rotatable bonds is 5. The van der Waals surface area contributed by atoms with Gasteiger partial charge in [-0.05, 0) is 36.2 Å². The van der Waals surface area contributed by atoms with Crippen LogP contribution in [0.25, 0.3) is 0 Å². The summed E-state index contributed by atoms with van der Waals surface area (Å²) in [5, 5.41) is 0. The van der Waals surface area contributed by atoms with Crippen LogP contribution in [0.2, 0.25) is 0 Å². The van der Waals surface area contributed by atoms with Crippen molar-refractivity contribution < 1.29 is 4.74 Å². The summed E-state index contributed by atoms with van der Waals surface area (Å²) in [7, 11) is 1.68. The van der Waals surface area contributed by atoms with Crippen molar-refractivity contribution in [3.8, 4) is 5.75 Å². The molecule has 0 aliphatic heterocycles. The summed E-state index contributed by atoms with van der Waals surface area (Å²) in [5.41, 5.74) is 2.28. The normalized spacial score (nSPS) is 11.8. The maximum absolute atomic E-state index is 5.25. The summed E-state index contributed by atoms with van der Waals surface area (Å²) in [4.78, 5) is 4.36. The van der Waals surface area contributed by atoms with E-state index in [9.17, 15) is 0 Å². The van der Waals surface area contributed by atoms with E-state index in [1.54, 1.807) is 7.11 Å². The van der Waals surface area contributed by atoms with Gasteiger partial charge in [-0.15, -0.1) is 6.58 Å². The van der Waals surface area contributed by atoms with Crippen LogP contribution < -0.4 is 4.74 Å². The molecule has 1 aromatic heterocycles. The van der Waals surface area contributed by atoms with Crippen molar-refractivity contribution in [1.82, 2.24) is 4.98 Å². The Labute approximate surface area is 108 Å². The lowest BCUT2D eigenvalue weighted by Gasteiger charge is -2.13. The van der Waals surface area contributed by atoms with Gasteiger partial charge in [-0.3, -0.25) is 4.98 Å². The van der Waals surface area contributed by atoms with Crippen molar-refractivity contribution >= 4 is 0 Å². The first-order valence-corrected chi connectivity index (χ1v) is 6.00. The van der Waals surface area contributed by atoms with Gasteiger partial charge in [0.1, 0.15) is 5.75 Å². The van der Waals surface area contributed by atoms with Gasteiger partial charge in [0.25, 0.3) is 0 Å². The van der Waals surface area contributed by atoms with Crippen molar-refractivity contribution in [1.29, 1.82) is 0 Å². The highest BCUT2D eigenvalue weighted by Gasteiger charge is 2.10. The predicted molar refractivity (Wildman–Crippen MR) is 73.9 cm³/mol. The van der Waals surface area contributed by atoms with E-state index in [1.807, 2.05) is 42.6 Å². The van der Waals surface area contributed by atoms with Crippen LogP contribution in [0.15, 0.2) is 61.3 Å². The lowest BCUT2D eigenvalue weighted by atomic mass is 9.94. The third-order valence-electron chi connectivity index (χ3n) is 2.96. The largest absolute Gasteiger partial charge is 0.497 e. The number of hydrogen-bond donors (Lipinski definition) is 0. The number of ether oxygens (including phenoxy) is 1. The van der Waals surface area contributed by atoms with Crippen LogP contribution in [0.3, 0.4) is 0 Å². The predicted octanol–water partition coefficient (Wildman–Crippen LogP) is 3.60. The average molecular weight is 239 g/mol. The van der Waals surface area contributed by atoms with Crippen molar-refractivity contribution in [2.45, 2.75) is 12.3 Å². The number of allylic oxidation sites excluding steroid dienone is 1. The number of nitrogens with zero attached hydrogens (tertiary/aromatic N) is 1. The first-order valence-electron chi connectivity index (χ1n) is 6.00. The van der Waals surface area contributed by atoms with Crippen LogP contribution in [-0.4, -0.2) is 12.1 Å². The highest BCUT2D eigenvalue weighted by atomic mass is 16.5. The van der Waals surface area contributed by atoms with Crippen molar-refractivity contribution in [2.75, 3.05) is 7.11 Å². The Morgan fingerprint density at radius 1 is 1.28 bits per heavy atom. The Bertz CT molecular complexity index is 508. The van der Waals surface area contributed by atoms with Gasteiger partial charge >= 0.3 is 0 Å². The van der Waals surface area contributed by atoms with Crippen LogP contribution in [0, 0.1) is 0 Å². The molecule has 0 fully saturated rings. The Morgan fingerprint density at radius 3 is 2.83 bits per heavy atom. The lowest BCUT2D eigenvalue weighted by Crippen LogP contribution is -2.01. The zero-order valence-electron chi connectivity index (χ0n) is 10.5. The molecule has 18 heavy (non-hydrogen) atoms. The molecule has 0 spiro atoms. The van der Waals surface area contributed by atoms with Gasteiger partial charge < -0.3 is 4.74 Å². The van der Waals surface area contributed by atoms with Gasteiger partial charge in [-0.1, -0.05) is 24.3 Å². The van der Waals surface area contributed by atoms with Gasteiger partial charge in [0.2, 0.25) is 0 Å². The van der Waals surface area contributed by atoms with E-state index in [1.165, 1.54) is 5.56 Å². The minimum Gasteiger partial charge on any atom is -0.497 e. The third kappa shape index (κ3) is 2.98. The molecule has 0 saturated carbocycles. The van der Waals surface area contributed by atoms with Crippen molar-refractivity contribution in [3.63, 3.8) is 0 Å². The lowest BCUT2D eigenvalue weighted by molar-refractivity contribution is 0.414. The fourth-order valence-corrected chi connectivity index (χ4v) is 1.95. The van der Waals surface area contributed by atoms with E-state index in [-0.39, 0.29) is 5.92 Å². The molecule has 2 rings (SSSR count). The van der Waals surface area contributed by atoms with E-state index >= 15 is 0 Å². The first-order chi connectivity index (χ1) is 8.83. The van der Waals surface area contributed by atoms with Gasteiger partial charge in [-0.2, -0.15) is 0 Å². The smallest absolute Gasteiger partial charge is 0.119 e. The quantitative estimate of drug-likeness (QED) is 0.744. The molecule has 2 heteroatoms. The Kier molecular flexibility index (Phi) is 4.13. The number of hydrogen-bond acceptors (Lipinski definition) is 2. The maximum atomic E-state index is 5.25. The monoisotopic (exact) mass is 239 g/mol. The fraction of sp³-hybridized carbons (Fsp3) is 0.188. The molecule has 0 aliphatic carbocycles. The fourth-order valence-electron chi connectivity index (χ4n) is 1.95. The topological polar surface area (TPSA) is 22.1 Å². The zero-order valence-corrected chi connectivity index (χ0v) is 10.5. The van der Waals surface area contributed by atoms with Gasteiger partial charge in [0.05, 0.1) is 7.11 Å². The number of benzene rings is 1. The summed E-state index contributed by atoms with van der Waals surface area (Å²) < 4.78 is 5.25. The average Bonchev–Trinajstić information content (AvgIpc) is 2.46. The molecule has 0 aliphatic rings. The molecule has 0 saturated heterocycles.